The summed E-state index contributed by atoms with van der Waals surface area (Å²) in [6, 6.07) is 20.3. The molecule has 3 aliphatic rings. The SMILES string of the molecule is CC1(C)O[C@H]2O[C@]3(C=CC[C@@H]3OCc3ccccc3)[C@H](OCc3ccccc3)[C@H]2O1. The van der Waals surface area contributed by atoms with Crippen LogP contribution in [0.1, 0.15) is 31.4 Å². The Morgan fingerprint density at radius 1 is 0.833 bits per heavy atom. The number of hydrogen-bond donors (Lipinski definition) is 0. The lowest BCUT2D eigenvalue weighted by molar-refractivity contribution is -0.253. The Hall–Kier alpha value is -2.02. The van der Waals surface area contributed by atoms with Gasteiger partial charge in [-0.1, -0.05) is 72.8 Å². The largest absolute Gasteiger partial charge is 0.370 e. The average Bonchev–Trinajstić information content (AvgIpc) is 3.37. The van der Waals surface area contributed by atoms with Gasteiger partial charge in [0.15, 0.2) is 12.1 Å². The Bertz CT molecular complexity index is 881. The molecule has 0 N–H and O–H groups in total. The molecule has 30 heavy (non-hydrogen) atoms. The van der Waals surface area contributed by atoms with Crippen LogP contribution in [0, 0.1) is 0 Å². The number of fused-ring (bicyclic) bond motifs is 1. The summed E-state index contributed by atoms with van der Waals surface area (Å²) < 4.78 is 31.5. The molecule has 5 nitrogen and oxygen atoms in total. The highest BCUT2D eigenvalue weighted by molar-refractivity contribution is 5.25. The fraction of sp³-hybridized carbons (Fsp3) is 0.440. The summed E-state index contributed by atoms with van der Waals surface area (Å²) in [6.07, 6.45) is 3.67. The zero-order valence-corrected chi connectivity index (χ0v) is 17.4. The summed E-state index contributed by atoms with van der Waals surface area (Å²) in [4.78, 5) is 0. The number of benzene rings is 2. The van der Waals surface area contributed by atoms with Gasteiger partial charge in [-0.25, -0.2) is 0 Å². The Balaban J connectivity index is 1.37. The summed E-state index contributed by atoms with van der Waals surface area (Å²) in [7, 11) is 0. The van der Waals surface area contributed by atoms with Crippen LogP contribution in [0.3, 0.4) is 0 Å². The van der Waals surface area contributed by atoms with Crippen LogP contribution in [-0.4, -0.2) is 36.0 Å². The predicted molar refractivity (Wildman–Crippen MR) is 111 cm³/mol. The van der Waals surface area contributed by atoms with E-state index < -0.39 is 17.7 Å². The second kappa shape index (κ2) is 7.91. The third kappa shape index (κ3) is 3.72. The van der Waals surface area contributed by atoms with Gasteiger partial charge in [0.2, 0.25) is 0 Å². The number of hydrogen-bond acceptors (Lipinski definition) is 5. The van der Waals surface area contributed by atoms with E-state index in [-0.39, 0.29) is 18.3 Å². The zero-order valence-electron chi connectivity index (χ0n) is 17.4. The van der Waals surface area contributed by atoms with E-state index in [1.807, 2.05) is 50.2 Å². The normalized spacial score (nSPS) is 33.9. The lowest BCUT2D eigenvalue weighted by Crippen LogP contribution is -2.52. The smallest absolute Gasteiger partial charge is 0.191 e. The minimum absolute atomic E-state index is 0.167. The van der Waals surface area contributed by atoms with Gasteiger partial charge < -0.3 is 23.7 Å². The summed E-state index contributed by atoms with van der Waals surface area (Å²) in [6.45, 7) is 4.81. The standard InChI is InChI=1S/C25H28O5/c1-24(2)28-21-22(27-17-19-12-7-4-8-13-19)25(30-23(21)29-24)15-9-14-20(25)26-16-18-10-5-3-6-11-18/h3-13,15,20-23H,14,16-17H2,1-2H3/t20-,21+,22+,23-,25-/m0/s1. The lowest BCUT2D eigenvalue weighted by Gasteiger charge is -2.37. The molecule has 2 saturated heterocycles. The summed E-state index contributed by atoms with van der Waals surface area (Å²) in [5.41, 5.74) is 1.51. The van der Waals surface area contributed by atoms with Crippen LogP contribution in [0.5, 0.6) is 0 Å². The first-order valence-electron chi connectivity index (χ1n) is 10.6. The van der Waals surface area contributed by atoms with Crippen molar-refractivity contribution >= 4 is 0 Å². The maximum absolute atomic E-state index is 6.49. The van der Waals surface area contributed by atoms with E-state index in [4.69, 9.17) is 23.7 Å². The molecule has 1 aliphatic carbocycles. The highest BCUT2D eigenvalue weighted by Gasteiger charge is 2.65. The Morgan fingerprint density at radius 3 is 2.13 bits per heavy atom. The van der Waals surface area contributed by atoms with Crippen LogP contribution in [-0.2, 0) is 36.9 Å². The van der Waals surface area contributed by atoms with Gasteiger partial charge >= 0.3 is 0 Å². The molecule has 2 aromatic carbocycles. The Morgan fingerprint density at radius 2 is 1.47 bits per heavy atom. The molecule has 0 bridgehead atoms. The molecule has 0 radical (unpaired) electrons. The Kier molecular flexibility index (Phi) is 5.25. The molecule has 5 atom stereocenters. The topological polar surface area (TPSA) is 46.2 Å². The van der Waals surface area contributed by atoms with Crippen LogP contribution in [0.25, 0.3) is 0 Å². The van der Waals surface area contributed by atoms with Crippen molar-refractivity contribution in [2.24, 2.45) is 0 Å². The molecule has 2 fully saturated rings. The molecule has 2 aliphatic heterocycles. The molecule has 2 aromatic rings. The molecular weight excluding hydrogens is 380 g/mol. The second-order valence-corrected chi connectivity index (χ2v) is 8.58. The van der Waals surface area contributed by atoms with Gasteiger partial charge in [-0.05, 0) is 31.4 Å². The van der Waals surface area contributed by atoms with Gasteiger partial charge in [0, 0.05) is 0 Å². The molecule has 0 unspecified atom stereocenters. The van der Waals surface area contributed by atoms with Crippen molar-refractivity contribution in [1.29, 1.82) is 0 Å². The van der Waals surface area contributed by atoms with Crippen molar-refractivity contribution in [2.75, 3.05) is 0 Å². The molecule has 1 spiro atoms. The van der Waals surface area contributed by atoms with E-state index in [0.29, 0.717) is 13.2 Å². The van der Waals surface area contributed by atoms with Crippen molar-refractivity contribution in [2.45, 2.75) is 69.5 Å². The zero-order chi connectivity index (χ0) is 20.6. The number of ether oxygens (including phenoxy) is 5. The Labute approximate surface area is 177 Å². The maximum atomic E-state index is 6.49. The average molecular weight is 408 g/mol. The van der Waals surface area contributed by atoms with Crippen molar-refractivity contribution in [3.63, 3.8) is 0 Å². The maximum Gasteiger partial charge on any atom is 0.191 e. The molecule has 0 saturated carbocycles. The van der Waals surface area contributed by atoms with E-state index >= 15 is 0 Å². The van der Waals surface area contributed by atoms with E-state index in [1.54, 1.807) is 0 Å². The van der Waals surface area contributed by atoms with Crippen LogP contribution in [0.2, 0.25) is 0 Å². The highest BCUT2D eigenvalue weighted by Crippen LogP contribution is 2.49. The third-order valence-electron chi connectivity index (χ3n) is 5.95. The minimum Gasteiger partial charge on any atom is -0.370 e. The first-order chi connectivity index (χ1) is 14.6. The van der Waals surface area contributed by atoms with Crippen molar-refractivity contribution in [3.05, 3.63) is 83.9 Å². The van der Waals surface area contributed by atoms with Crippen molar-refractivity contribution < 1.29 is 23.7 Å². The fourth-order valence-corrected chi connectivity index (χ4v) is 4.59. The second-order valence-electron chi connectivity index (χ2n) is 8.58. The molecule has 2 heterocycles. The highest BCUT2D eigenvalue weighted by atomic mass is 16.8. The number of rotatable bonds is 6. The van der Waals surface area contributed by atoms with E-state index in [9.17, 15) is 0 Å². The van der Waals surface area contributed by atoms with Crippen molar-refractivity contribution in [3.8, 4) is 0 Å². The summed E-state index contributed by atoms with van der Waals surface area (Å²) >= 11 is 0. The van der Waals surface area contributed by atoms with Gasteiger partial charge in [-0.2, -0.15) is 0 Å². The van der Waals surface area contributed by atoms with Gasteiger partial charge in [0.25, 0.3) is 0 Å². The first-order valence-corrected chi connectivity index (χ1v) is 10.6. The minimum atomic E-state index is -0.727. The predicted octanol–water partition coefficient (Wildman–Crippen LogP) is 4.36. The molecule has 158 valence electrons. The van der Waals surface area contributed by atoms with E-state index in [1.165, 1.54) is 0 Å². The van der Waals surface area contributed by atoms with Crippen LogP contribution < -0.4 is 0 Å². The molecule has 5 rings (SSSR count). The van der Waals surface area contributed by atoms with Crippen LogP contribution in [0.4, 0.5) is 0 Å². The quantitative estimate of drug-likeness (QED) is 0.665. The lowest BCUT2D eigenvalue weighted by atomic mass is 9.91. The van der Waals surface area contributed by atoms with Gasteiger partial charge in [0.1, 0.15) is 17.8 Å². The van der Waals surface area contributed by atoms with Gasteiger partial charge in [-0.3, -0.25) is 0 Å². The molecule has 0 amide bonds. The molecule has 0 aromatic heterocycles. The summed E-state index contributed by atoms with van der Waals surface area (Å²) in [5, 5.41) is 0. The first kappa shape index (κ1) is 19.9. The van der Waals surface area contributed by atoms with E-state index in [2.05, 4.69) is 36.4 Å². The molecular formula is C25H28O5. The third-order valence-corrected chi connectivity index (χ3v) is 5.95. The summed E-state index contributed by atoms with van der Waals surface area (Å²) in [5.74, 6) is -0.700. The van der Waals surface area contributed by atoms with Gasteiger partial charge in [-0.15, -0.1) is 0 Å². The van der Waals surface area contributed by atoms with Crippen LogP contribution >= 0.6 is 0 Å². The monoisotopic (exact) mass is 408 g/mol. The van der Waals surface area contributed by atoms with E-state index in [0.717, 1.165) is 17.5 Å². The fourth-order valence-electron chi connectivity index (χ4n) is 4.59. The van der Waals surface area contributed by atoms with Crippen molar-refractivity contribution in [1.82, 2.24) is 0 Å². The van der Waals surface area contributed by atoms with Gasteiger partial charge in [0.05, 0.1) is 19.3 Å². The molecule has 5 heteroatoms. The van der Waals surface area contributed by atoms with Crippen LogP contribution in [0.15, 0.2) is 72.8 Å².